The summed E-state index contributed by atoms with van der Waals surface area (Å²) >= 11 is 0. The average molecular weight is 398 g/mol. The molecule has 2 aromatic carbocycles. The number of aromatic nitrogens is 2. The number of sulfonamides is 1. The largest absolute Gasteiger partial charge is 0.322 e. The Balaban J connectivity index is 1.97. The first-order chi connectivity index (χ1) is 13.2. The van der Waals surface area contributed by atoms with Crippen LogP contribution in [0.15, 0.2) is 59.6 Å². The Morgan fingerprint density at radius 2 is 1.71 bits per heavy atom. The van der Waals surface area contributed by atoms with Crippen LogP contribution in [-0.2, 0) is 17.1 Å². The van der Waals surface area contributed by atoms with Crippen molar-refractivity contribution in [2.24, 2.45) is 7.05 Å². The van der Waals surface area contributed by atoms with Gasteiger partial charge in [-0.3, -0.25) is 13.8 Å². The van der Waals surface area contributed by atoms with Gasteiger partial charge in [0.25, 0.3) is 15.9 Å². The summed E-state index contributed by atoms with van der Waals surface area (Å²) in [5, 5.41) is 6.91. The smallest absolute Gasteiger partial charge is 0.265 e. The number of hydrogen-bond acceptors (Lipinski definition) is 4. The molecule has 0 atom stereocenters. The fourth-order valence-corrected chi connectivity index (χ4v) is 4.09. The minimum absolute atomic E-state index is 0.145. The number of nitrogens with one attached hydrogen (secondary N) is 1. The second-order valence-corrected chi connectivity index (χ2v) is 8.53. The lowest BCUT2D eigenvalue weighted by atomic mass is 10.2. The van der Waals surface area contributed by atoms with Crippen LogP contribution in [0.5, 0.6) is 0 Å². The van der Waals surface area contributed by atoms with Crippen LogP contribution in [0.1, 0.15) is 21.5 Å². The second kappa shape index (κ2) is 7.47. The maximum atomic E-state index is 13.0. The molecule has 0 aliphatic heterocycles. The molecule has 1 aromatic heterocycles. The molecule has 0 unspecified atom stereocenters. The molecule has 7 nitrogen and oxygen atoms in total. The molecule has 1 N–H and O–H groups in total. The van der Waals surface area contributed by atoms with Crippen LogP contribution in [0.3, 0.4) is 0 Å². The van der Waals surface area contributed by atoms with Gasteiger partial charge >= 0.3 is 0 Å². The van der Waals surface area contributed by atoms with Crippen LogP contribution in [0.4, 0.5) is 11.5 Å². The van der Waals surface area contributed by atoms with Gasteiger partial charge < -0.3 is 5.32 Å². The van der Waals surface area contributed by atoms with E-state index >= 15 is 0 Å². The summed E-state index contributed by atoms with van der Waals surface area (Å²) in [5.41, 5.74) is 2.69. The van der Waals surface area contributed by atoms with Gasteiger partial charge in [-0.1, -0.05) is 35.9 Å². The number of aryl methyl sites for hydroxylation is 3. The molecule has 8 heteroatoms. The SMILES string of the molecule is Cc1ccc(S(=O)(=O)N(C)c2c(C(=O)Nc3ccccc3C)cnn2C)cc1. The van der Waals surface area contributed by atoms with Gasteiger partial charge in [0.15, 0.2) is 5.82 Å². The van der Waals surface area contributed by atoms with Crippen LogP contribution < -0.4 is 9.62 Å². The summed E-state index contributed by atoms with van der Waals surface area (Å²) in [5.74, 6) is -0.241. The van der Waals surface area contributed by atoms with Gasteiger partial charge in [0.1, 0.15) is 5.56 Å². The van der Waals surface area contributed by atoms with Crippen molar-refractivity contribution in [3.63, 3.8) is 0 Å². The topological polar surface area (TPSA) is 84.3 Å². The summed E-state index contributed by atoms with van der Waals surface area (Å²) in [6.45, 7) is 3.77. The summed E-state index contributed by atoms with van der Waals surface area (Å²) < 4.78 is 28.5. The Morgan fingerprint density at radius 3 is 2.36 bits per heavy atom. The number of nitrogens with zero attached hydrogens (tertiary/aromatic N) is 3. The van der Waals surface area contributed by atoms with Crippen LogP contribution in [0, 0.1) is 13.8 Å². The van der Waals surface area contributed by atoms with Crippen molar-refractivity contribution < 1.29 is 13.2 Å². The first-order valence-corrected chi connectivity index (χ1v) is 10.1. The van der Waals surface area contributed by atoms with Gasteiger partial charge in [0.05, 0.1) is 11.1 Å². The monoisotopic (exact) mass is 398 g/mol. The normalized spacial score (nSPS) is 11.3. The molecule has 3 aromatic rings. The zero-order chi connectivity index (χ0) is 20.5. The molecule has 0 saturated heterocycles. The zero-order valence-electron chi connectivity index (χ0n) is 16.2. The predicted molar refractivity (Wildman–Crippen MR) is 109 cm³/mol. The van der Waals surface area contributed by atoms with E-state index in [1.807, 2.05) is 32.0 Å². The van der Waals surface area contributed by atoms with Crippen LogP contribution in [0.2, 0.25) is 0 Å². The number of para-hydroxylation sites is 1. The van der Waals surface area contributed by atoms with Gasteiger partial charge in [0, 0.05) is 19.8 Å². The number of anilines is 2. The third-order valence-electron chi connectivity index (χ3n) is 4.52. The highest BCUT2D eigenvalue weighted by molar-refractivity contribution is 7.92. The van der Waals surface area contributed by atoms with Crippen molar-refractivity contribution in [1.82, 2.24) is 9.78 Å². The molecule has 0 fully saturated rings. The molecule has 0 aliphatic carbocycles. The van der Waals surface area contributed by atoms with E-state index in [1.54, 1.807) is 37.4 Å². The van der Waals surface area contributed by atoms with E-state index < -0.39 is 15.9 Å². The Hall–Kier alpha value is -3.13. The summed E-state index contributed by atoms with van der Waals surface area (Å²) in [6.07, 6.45) is 1.37. The van der Waals surface area contributed by atoms with E-state index in [-0.39, 0.29) is 16.3 Å². The van der Waals surface area contributed by atoms with Crippen molar-refractivity contribution in [1.29, 1.82) is 0 Å². The van der Waals surface area contributed by atoms with Gasteiger partial charge in [-0.15, -0.1) is 0 Å². The molecule has 0 aliphatic rings. The summed E-state index contributed by atoms with van der Waals surface area (Å²) in [7, 11) is -0.834. The van der Waals surface area contributed by atoms with E-state index in [0.717, 1.165) is 15.4 Å². The Kier molecular flexibility index (Phi) is 5.24. The predicted octanol–water partition coefficient (Wildman–Crippen LogP) is 3.11. The quantitative estimate of drug-likeness (QED) is 0.716. The van der Waals surface area contributed by atoms with E-state index in [0.29, 0.717) is 5.69 Å². The standard InChI is InChI=1S/C20H22N4O3S/c1-14-9-11-16(12-10-14)28(26,27)24(4)20-17(13-21-23(20)3)19(25)22-18-8-6-5-7-15(18)2/h5-13H,1-4H3,(H,22,25). The first kappa shape index (κ1) is 19.6. The fraction of sp³-hybridized carbons (Fsp3) is 0.200. The fourth-order valence-electron chi connectivity index (χ4n) is 2.85. The molecule has 0 spiro atoms. The highest BCUT2D eigenvalue weighted by atomic mass is 32.2. The summed E-state index contributed by atoms with van der Waals surface area (Å²) in [6, 6.07) is 13.9. The van der Waals surface area contributed by atoms with Gasteiger partial charge in [-0.2, -0.15) is 5.10 Å². The van der Waals surface area contributed by atoms with Crippen molar-refractivity contribution in [3.8, 4) is 0 Å². The van der Waals surface area contributed by atoms with Crippen molar-refractivity contribution in [2.75, 3.05) is 16.7 Å². The van der Waals surface area contributed by atoms with Gasteiger partial charge in [0.2, 0.25) is 0 Å². The third-order valence-corrected chi connectivity index (χ3v) is 6.28. The average Bonchev–Trinajstić information content (AvgIpc) is 3.04. The number of carbonyl (C=O) groups excluding carboxylic acids is 1. The highest BCUT2D eigenvalue weighted by Gasteiger charge is 2.28. The molecule has 1 amide bonds. The summed E-state index contributed by atoms with van der Waals surface area (Å²) in [4.78, 5) is 13.0. The Bertz CT molecular complexity index is 1120. The van der Waals surface area contributed by atoms with Crippen molar-refractivity contribution >= 4 is 27.4 Å². The first-order valence-electron chi connectivity index (χ1n) is 8.66. The Morgan fingerprint density at radius 1 is 1.07 bits per heavy atom. The van der Waals surface area contributed by atoms with E-state index in [9.17, 15) is 13.2 Å². The lowest BCUT2D eigenvalue weighted by Gasteiger charge is -2.21. The zero-order valence-corrected chi connectivity index (χ0v) is 17.0. The van der Waals surface area contributed by atoms with Gasteiger partial charge in [-0.05, 0) is 37.6 Å². The molecule has 28 heavy (non-hydrogen) atoms. The number of benzene rings is 2. The molecule has 0 saturated carbocycles. The van der Waals surface area contributed by atoms with Crippen molar-refractivity contribution in [3.05, 3.63) is 71.4 Å². The molecule has 0 bridgehead atoms. The number of rotatable bonds is 5. The maximum Gasteiger partial charge on any atom is 0.265 e. The molecular weight excluding hydrogens is 376 g/mol. The lowest BCUT2D eigenvalue weighted by Crippen LogP contribution is -2.30. The number of hydrogen-bond donors (Lipinski definition) is 1. The molecule has 3 rings (SSSR count). The van der Waals surface area contributed by atoms with Crippen LogP contribution in [0.25, 0.3) is 0 Å². The molecule has 1 heterocycles. The van der Waals surface area contributed by atoms with E-state index in [2.05, 4.69) is 10.4 Å². The minimum atomic E-state index is -3.85. The molecular formula is C20H22N4O3S. The minimum Gasteiger partial charge on any atom is -0.322 e. The lowest BCUT2D eigenvalue weighted by molar-refractivity contribution is 0.102. The maximum absolute atomic E-state index is 13.0. The number of amides is 1. The second-order valence-electron chi connectivity index (χ2n) is 6.56. The van der Waals surface area contributed by atoms with E-state index in [4.69, 9.17) is 0 Å². The molecule has 0 radical (unpaired) electrons. The highest BCUT2D eigenvalue weighted by Crippen LogP contribution is 2.26. The van der Waals surface area contributed by atoms with Crippen LogP contribution in [-0.4, -0.2) is 31.2 Å². The third kappa shape index (κ3) is 3.63. The molecule has 146 valence electrons. The van der Waals surface area contributed by atoms with Crippen molar-refractivity contribution in [2.45, 2.75) is 18.7 Å². The van der Waals surface area contributed by atoms with E-state index in [1.165, 1.54) is 17.9 Å². The number of carbonyl (C=O) groups is 1. The van der Waals surface area contributed by atoms with Gasteiger partial charge in [-0.25, -0.2) is 8.42 Å². The Labute approximate surface area is 164 Å². The van der Waals surface area contributed by atoms with Crippen LogP contribution >= 0.6 is 0 Å².